The van der Waals surface area contributed by atoms with Crippen LogP contribution in [-0.4, -0.2) is 25.8 Å². The van der Waals surface area contributed by atoms with Crippen molar-refractivity contribution in [1.82, 2.24) is 5.32 Å². The van der Waals surface area contributed by atoms with E-state index in [1.165, 1.54) is 0 Å². The van der Waals surface area contributed by atoms with Crippen LogP contribution in [0.3, 0.4) is 0 Å². The Bertz CT molecular complexity index is 211. The lowest BCUT2D eigenvalue weighted by atomic mass is 10.1. The van der Waals surface area contributed by atoms with E-state index < -0.39 is 0 Å². The van der Waals surface area contributed by atoms with Crippen LogP contribution in [0.2, 0.25) is 0 Å². The van der Waals surface area contributed by atoms with Gasteiger partial charge in [0.25, 0.3) is 0 Å². The molecule has 2 aliphatic rings. The van der Waals surface area contributed by atoms with Crippen molar-refractivity contribution in [2.75, 3.05) is 19.8 Å². The van der Waals surface area contributed by atoms with E-state index in [0.717, 1.165) is 45.4 Å². The van der Waals surface area contributed by atoms with Crippen LogP contribution in [0.1, 0.15) is 25.7 Å². The molecular formula is C10H16N2O. The third-order valence-electron chi connectivity index (χ3n) is 3.04. The highest BCUT2D eigenvalue weighted by Crippen LogP contribution is 2.44. The molecule has 13 heavy (non-hydrogen) atoms. The van der Waals surface area contributed by atoms with Gasteiger partial charge in [0.05, 0.1) is 11.5 Å². The van der Waals surface area contributed by atoms with Crippen molar-refractivity contribution in [3.63, 3.8) is 0 Å². The smallest absolute Gasteiger partial charge is 0.0703 e. The van der Waals surface area contributed by atoms with Gasteiger partial charge in [0.15, 0.2) is 0 Å². The first-order valence-corrected chi connectivity index (χ1v) is 5.07. The van der Waals surface area contributed by atoms with E-state index in [4.69, 9.17) is 10.00 Å². The number of ether oxygens (including phenoxy) is 1. The summed E-state index contributed by atoms with van der Waals surface area (Å²) in [5.41, 5.74) is -0.00168. The SMILES string of the molecule is N#CC1(CNC2CCOCC2)CC1. The fourth-order valence-electron chi connectivity index (χ4n) is 1.72. The molecule has 2 fully saturated rings. The third-order valence-corrected chi connectivity index (χ3v) is 3.04. The van der Waals surface area contributed by atoms with E-state index in [1.54, 1.807) is 0 Å². The van der Waals surface area contributed by atoms with Crippen molar-refractivity contribution < 1.29 is 4.74 Å². The molecule has 0 spiro atoms. The fraction of sp³-hybridized carbons (Fsp3) is 0.900. The summed E-state index contributed by atoms with van der Waals surface area (Å²) in [4.78, 5) is 0. The molecule has 0 aromatic rings. The van der Waals surface area contributed by atoms with Gasteiger partial charge in [0, 0.05) is 25.8 Å². The molecule has 1 N–H and O–H groups in total. The Hall–Kier alpha value is -0.590. The first kappa shape index (κ1) is 8.98. The number of hydrogen-bond donors (Lipinski definition) is 1. The van der Waals surface area contributed by atoms with Crippen LogP contribution < -0.4 is 5.32 Å². The highest BCUT2D eigenvalue weighted by molar-refractivity contribution is 5.11. The standard InChI is InChI=1S/C10H16N2O/c11-7-10(3-4-10)8-12-9-1-5-13-6-2-9/h9,12H,1-6,8H2. The van der Waals surface area contributed by atoms with Crippen LogP contribution >= 0.6 is 0 Å². The van der Waals surface area contributed by atoms with Gasteiger partial charge in [-0.15, -0.1) is 0 Å². The summed E-state index contributed by atoms with van der Waals surface area (Å²) in [6, 6.07) is 2.98. The van der Waals surface area contributed by atoms with E-state index >= 15 is 0 Å². The second kappa shape index (κ2) is 3.65. The van der Waals surface area contributed by atoms with Gasteiger partial charge in [-0.3, -0.25) is 0 Å². The summed E-state index contributed by atoms with van der Waals surface area (Å²) in [7, 11) is 0. The lowest BCUT2D eigenvalue weighted by molar-refractivity contribution is 0.0772. The highest BCUT2D eigenvalue weighted by atomic mass is 16.5. The Balaban J connectivity index is 1.70. The van der Waals surface area contributed by atoms with Gasteiger partial charge in [-0.1, -0.05) is 0 Å². The maximum atomic E-state index is 8.87. The Morgan fingerprint density at radius 2 is 2.08 bits per heavy atom. The third kappa shape index (κ3) is 2.20. The minimum absolute atomic E-state index is 0.00168. The molecule has 1 heterocycles. The lowest BCUT2D eigenvalue weighted by Crippen LogP contribution is -2.37. The summed E-state index contributed by atoms with van der Waals surface area (Å²) in [6.07, 6.45) is 4.36. The Kier molecular flexibility index (Phi) is 2.52. The van der Waals surface area contributed by atoms with Gasteiger partial charge in [-0.25, -0.2) is 0 Å². The van der Waals surface area contributed by atoms with Crippen molar-refractivity contribution in [3.05, 3.63) is 0 Å². The zero-order valence-corrected chi connectivity index (χ0v) is 7.88. The molecule has 0 aromatic heterocycles. The van der Waals surface area contributed by atoms with Crippen LogP contribution in [0, 0.1) is 16.7 Å². The Labute approximate surface area is 79.1 Å². The molecule has 0 amide bonds. The van der Waals surface area contributed by atoms with Crippen molar-refractivity contribution in [2.24, 2.45) is 5.41 Å². The molecule has 72 valence electrons. The average Bonchev–Trinajstić information content (AvgIpc) is 2.97. The molecule has 0 bridgehead atoms. The van der Waals surface area contributed by atoms with Crippen LogP contribution in [-0.2, 0) is 4.74 Å². The molecule has 0 aromatic carbocycles. The molecule has 0 unspecified atom stereocenters. The lowest BCUT2D eigenvalue weighted by Gasteiger charge is -2.24. The predicted octanol–water partition coefficient (Wildman–Crippen LogP) is 1.06. The van der Waals surface area contributed by atoms with Crippen molar-refractivity contribution in [1.29, 1.82) is 5.26 Å². The number of nitriles is 1. The monoisotopic (exact) mass is 180 g/mol. The van der Waals surface area contributed by atoms with Crippen LogP contribution in [0.15, 0.2) is 0 Å². The summed E-state index contributed by atoms with van der Waals surface area (Å²) in [6.45, 7) is 2.63. The first-order valence-electron chi connectivity index (χ1n) is 5.07. The molecule has 3 heteroatoms. The van der Waals surface area contributed by atoms with Gasteiger partial charge in [0.1, 0.15) is 0 Å². The van der Waals surface area contributed by atoms with Crippen molar-refractivity contribution in [3.8, 4) is 6.07 Å². The summed E-state index contributed by atoms with van der Waals surface area (Å²) < 4.78 is 5.27. The normalized spacial score (nSPS) is 26.7. The minimum Gasteiger partial charge on any atom is -0.381 e. The van der Waals surface area contributed by atoms with E-state index in [-0.39, 0.29) is 5.41 Å². The second-order valence-corrected chi connectivity index (χ2v) is 4.16. The molecule has 1 saturated carbocycles. The van der Waals surface area contributed by atoms with Gasteiger partial charge in [-0.05, 0) is 25.7 Å². The zero-order chi connectivity index (χ0) is 9.15. The summed E-state index contributed by atoms with van der Waals surface area (Å²) >= 11 is 0. The molecule has 1 saturated heterocycles. The Morgan fingerprint density at radius 1 is 1.38 bits per heavy atom. The topological polar surface area (TPSA) is 45.0 Å². The predicted molar refractivity (Wildman–Crippen MR) is 49.1 cm³/mol. The summed E-state index contributed by atoms with van der Waals surface area (Å²) in [5.74, 6) is 0. The van der Waals surface area contributed by atoms with Crippen LogP contribution in [0.4, 0.5) is 0 Å². The first-order chi connectivity index (χ1) is 6.35. The Morgan fingerprint density at radius 3 is 2.62 bits per heavy atom. The number of nitrogens with one attached hydrogen (secondary N) is 1. The van der Waals surface area contributed by atoms with E-state index in [2.05, 4.69) is 11.4 Å². The number of hydrogen-bond acceptors (Lipinski definition) is 3. The van der Waals surface area contributed by atoms with Crippen molar-refractivity contribution >= 4 is 0 Å². The highest BCUT2D eigenvalue weighted by Gasteiger charge is 2.43. The molecule has 1 aliphatic heterocycles. The van der Waals surface area contributed by atoms with E-state index in [1.807, 2.05) is 0 Å². The summed E-state index contributed by atoms with van der Waals surface area (Å²) in [5, 5.41) is 12.3. The van der Waals surface area contributed by atoms with Crippen molar-refractivity contribution in [2.45, 2.75) is 31.7 Å². The fourth-order valence-corrected chi connectivity index (χ4v) is 1.72. The largest absolute Gasteiger partial charge is 0.381 e. The molecule has 0 atom stereocenters. The molecule has 0 radical (unpaired) electrons. The number of rotatable bonds is 3. The minimum atomic E-state index is -0.00168. The van der Waals surface area contributed by atoms with Crippen LogP contribution in [0.5, 0.6) is 0 Å². The van der Waals surface area contributed by atoms with Crippen LogP contribution in [0.25, 0.3) is 0 Å². The average molecular weight is 180 g/mol. The maximum absolute atomic E-state index is 8.87. The van der Waals surface area contributed by atoms with Gasteiger partial charge in [-0.2, -0.15) is 5.26 Å². The van der Waals surface area contributed by atoms with Gasteiger partial charge < -0.3 is 10.1 Å². The zero-order valence-electron chi connectivity index (χ0n) is 7.88. The molecule has 2 rings (SSSR count). The second-order valence-electron chi connectivity index (χ2n) is 4.16. The number of nitrogens with zero attached hydrogens (tertiary/aromatic N) is 1. The molecule has 3 nitrogen and oxygen atoms in total. The van der Waals surface area contributed by atoms with E-state index in [0.29, 0.717) is 6.04 Å². The molecule has 1 aliphatic carbocycles. The van der Waals surface area contributed by atoms with Gasteiger partial charge in [0.2, 0.25) is 0 Å². The maximum Gasteiger partial charge on any atom is 0.0703 e. The van der Waals surface area contributed by atoms with E-state index in [9.17, 15) is 0 Å². The molecular weight excluding hydrogens is 164 g/mol. The van der Waals surface area contributed by atoms with Gasteiger partial charge >= 0.3 is 0 Å². The quantitative estimate of drug-likeness (QED) is 0.706.